The van der Waals surface area contributed by atoms with Crippen molar-refractivity contribution in [1.29, 1.82) is 0 Å². The molecule has 1 unspecified atom stereocenters. The SMILES string of the molecule is NCCC1CCCCN1C(=O)c1ccccn1. The molecule has 4 heteroatoms. The van der Waals surface area contributed by atoms with Gasteiger partial charge in [-0.2, -0.15) is 0 Å². The number of nitrogens with two attached hydrogens (primary N) is 1. The van der Waals surface area contributed by atoms with Crippen LogP contribution >= 0.6 is 0 Å². The van der Waals surface area contributed by atoms with Crippen molar-refractivity contribution < 1.29 is 4.79 Å². The Labute approximate surface area is 102 Å². The van der Waals surface area contributed by atoms with Crippen LogP contribution in [0.1, 0.15) is 36.2 Å². The average Bonchev–Trinajstić information content (AvgIpc) is 2.40. The molecule has 2 heterocycles. The van der Waals surface area contributed by atoms with Crippen molar-refractivity contribution in [3.63, 3.8) is 0 Å². The Morgan fingerprint density at radius 2 is 2.35 bits per heavy atom. The van der Waals surface area contributed by atoms with E-state index in [1.54, 1.807) is 12.3 Å². The summed E-state index contributed by atoms with van der Waals surface area (Å²) in [6, 6.07) is 5.74. The van der Waals surface area contributed by atoms with Gasteiger partial charge < -0.3 is 10.6 Å². The molecule has 0 aliphatic carbocycles. The zero-order valence-corrected chi connectivity index (χ0v) is 10.0. The zero-order chi connectivity index (χ0) is 12.1. The summed E-state index contributed by atoms with van der Waals surface area (Å²) in [6.07, 6.45) is 5.89. The van der Waals surface area contributed by atoms with E-state index in [0.29, 0.717) is 18.3 Å². The fourth-order valence-corrected chi connectivity index (χ4v) is 2.40. The smallest absolute Gasteiger partial charge is 0.272 e. The highest BCUT2D eigenvalue weighted by Crippen LogP contribution is 2.20. The molecular formula is C13H19N3O. The molecule has 1 aliphatic rings. The van der Waals surface area contributed by atoms with Gasteiger partial charge in [-0.05, 0) is 44.4 Å². The normalized spacial score (nSPS) is 20.3. The van der Waals surface area contributed by atoms with Crippen LogP contribution in [0, 0.1) is 0 Å². The van der Waals surface area contributed by atoms with E-state index in [1.807, 2.05) is 17.0 Å². The summed E-state index contributed by atoms with van der Waals surface area (Å²) < 4.78 is 0. The van der Waals surface area contributed by atoms with E-state index >= 15 is 0 Å². The van der Waals surface area contributed by atoms with Crippen molar-refractivity contribution in [3.8, 4) is 0 Å². The molecule has 0 radical (unpaired) electrons. The van der Waals surface area contributed by atoms with Gasteiger partial charge in [0.2, 0.25) is 0 Å². The average molecular weight is 233 g/mol. The number of piperidine rings is 1. The molecule has 92 valence electrons. The minimum absolute atomic E-state index is 0.0451. The molecular weight excluding hydrogens is 214 g/mol. The molecule has 1 aliphatic heterocycles. The lowest BCUT2D eigenvalue weighted by molar-refractivity contribution is 0.0599. The minimum atomic E-state index is 0.0451. The van der Waals surface area contributed by atoms with Crippen LogP contribution in [0.4, 0.5) is 0 Å². The number of likely N-dealkylation sites (tertiary alicyclic amines) is 1. The lowest BCUT2D eigenvalue weighted by Crippen LogP contribution is -2.44. The van der Waals surface area contributed by atoms with Crippen LogP contribution in [-0.4, -0.2) is 34.9 Å². The van der Waals surface area contributed by atoms with Crippen LogP contribution in [-0.2, 0) is 0 Å². The number of hydrogen-bond acceptors (Lipinski definition) is 3. The maximum Gasteiger partial charge on any atom is 0.272 e. The topological polar surface area (TPSA) is 59.2 Å². The number of carbonyl (C=O) groups is 1. The molecule has 1 aromatic heterocycles. The highest BCUT2D eigenvalue weighted by Gasteiger charge is 2.27. The van der Waals surface area contributed by atoms with Gasteiger partial charge in [-0.15, -0.1) is 0 Å². The number of pyridine rings is 1. The number of hydrogen-bond donors (Lipinski definition) is 1. The predicted octanol–water partition coefficient (Wildman–Crippen LogP) is 1.43. The van der Waals surface area contributed by atoms with Gasteiger partial charge >= 0.3 is 0 Å². The predicted molar refractivity (Wildman–Crippen MR) is 66.6 cm³/mol. The summed E-state index contributed by atoms with van der Waals surface area (Å²) >= 11 is 0. The quantitative estimate of drug-likeness (QED) is 0.859. The number of nitrogens with zero attached hydrogens (tertiary/aromatic N) is 2. The van der Waals surface area contributed by atoms with E-state index in [1.165, 1.54) is 6.42 Å². The van der Waals surface area contributed by atoms with Crippen LogP contribution in [0.3, 0.4) is 0 Å². The van der Waals surface area contributed by atoms with E-state index in [-0.39, 0.29) is 5.91 Å². The second-order valence-corrected chi connectivity index (χ2v) is 4.44. The summed E-state index contributed by atoms with van der Waals surface area (Å²) in [5.74, 6) is 0.0451. The molecule has 0 saturated carbocycles. The van der Waals surface area contributed by atoms with Gasteiger partial charge in [-0.25, -0.2) is 0 Å². The molecule has 1 amide bonds. The van der Waals surface area contributed by atoms with Gasteiger partial charge in [0.05, 0.1) is 0 Å². The van der Waals surface area contributed by atoms with Gasteiger partial charge in [-0.1, -0.05) is 6.07 Å². The first-order valence-corrected chi connectivity index (χ1v) is 6.25. The Kier molecular flexibility index (Phi) is 4.09. The minimum Gasteiger partial charge on any atom is -0.334 e. The van der Waals surface area contributed by atoms with Crippen LogP contribution in [0.15, 0.2) is 24.4 Å². The second-order valence-electron chi connectivity index (χ2n) is 4.44. The Hall–Kier alpha value is -1.42. The van der Waals surface area contributed by atoms with Crippen molar-refractivity contribution >= 4 is 5.91 Å². The van der Waals surface area contributed by atoms with Gasteiger partial charge in [0.1, 0.15) is 5.69 Å². The molecule has 0 aromatic carbocycles. The number of carbonyl (C=O) groups excluding carboxylic acids is 1. The van der Waals surface area contributed by atoms with Crippen LogP contribution in [0.2, 0.25) is 0 Å². The molecule has 4 nitrogen and oxygen atoms in total. The molecule has 17 heavy (non-hydrogen) atoms. The Morgan fingerprint density at radius 3 is 3.06 bits per heavy atom. The number of amides is 1. The summed E-state index contributed by atoms with van der Waals surface area (Å²) in [7, 11) is 0. The van der Waals surface area contributed by atoms with Crippen molar-refractivity contribution in [3.05, 3.63) is 30.1 Å². The van der Waals surface area contributed by atoms with Gasteiger partial charge in [0.15, 0.2) is 0 Å². The maximum absolute atomic E-state index is 12.3. The summed E-state index contributed by atoms with van der Waals surface area (Å²) in [4.78, 5) is 18.4. The molecule has 1 aromatic rings. The molecule has 1 fully saturated rings. The summed E-state index contributed by atoms with van der Waals surface area (Å²) in [5.41, 5.74) is 6.15. The Bertz CT molecular complexity index is 364. The van der Waals surface area contributed by atoms with E-state index in [9.17, 15) is 4.79 Å². The van der Waals surface area contributed by atoms with Gasteiger partial charge in [0, 0.05) is 18.8 Å². The largest absolute Gasteiger partial charge is 0.334 e. The van der Waals surface area contributed by atoms with E-state index in [0.717, 1.165) is 25.8 Å². The van der Waals surface area contributed by atoms with Crippen molar-refractivity contribution in [1.82, 2.24) is 9.88 Å². The summed E-state index contributed by atoms with van der Waals surface area (Å²) in [6.45, 7) is 1.47. The van der Waals surface area contributed by atoms with Crippen LogP contribution in [0.25, 0.3) is 0 Å². The second kappa shape index (κ2) is 5.77. The Morgan fingerprint density at radius 1 is 1.47 bits per heavy atom. The first-order chi connectivity index (χ1) is 8.33. The molecule has 1 atom stereocenters. The maximum atomic E-state index is 12.3. The Balaban J connectivity index is 2.11. The fraction of sp³-hybridized carbons (Fsp3) is 0.538. The lowest BCUT2D eigenvalue weighted by atomic mass is 9.99. The first-order valence-electron chi connectivity index (χ1n) is 6.25. The molecule has 0 spiro atoms. The first kappa shape index (κ1) is 12.0. The third kappa shape index (κ3) is 2.82. The molecule has 0 bridgehead atoms. The van der Waals surface area contributed by atoms with Gasteiger partial charge in [0.25, 0.3) is 5.91 Å². The lowest BCUT2D eigenvalue weighted by Gasteiger charge is -2.35. The van der Waals surface area contributed by atoms with Crippen molar-refractivity contribution in [2.45, 2.75) is 31.7 Å². The molecule has 2 N–H and O–H groups in total. The van der Waals surface area contributed by atoms with Crippen LogP contribution < -0.4 is 5.73 Å². The molecule has 1 saturated heterocycles. The van der Waals surface area contributed by atoms with E-state index < -0.39 is 0 Å². The van der Waals surface area contributed by atoms with Crippen molar-refractivity contribution in [2.24, 2.45) is 5.73 Å². The van der Waals surface area contributed by atoms with Crippen molar-refractivity contribution in [2.75, 3.05) is 13.1 Å². The van der Waals surface area contributed by atoms with E-state index in [2.05, 4.69) is 4.98 Å². The molecule has 2 rings (SSSR count). The van der Waals surface area contributed by atoms with Crippen LogP contribution in [0.5, 0.6) is 0 Å². The van der Waals surface area contributed by atoms with E-state index in [4.69, 9.17) is 5.73 Å². The fourth-order valence-electron chi connectivity index (χ4n) is 2.40. The monoisotopic (exact) mass is 233 g/mol. The third-order valence-corrected chi connectivity index (χ3v) is 3.27. The highest BCUT2D eigenvalue weighted by molar-refractivity contribution is 5.92. The third-order valence-electron chi connectivity index (χ3n) is 3.27. The standard InChI is InChI=1S/C13H19N3O/c14-8-7-11-5-2-4-10-16(11)13(17)12-6-1-3-9-15-12/h1,3,6,9,11H,2,4-5,7-8,10,14H2. The summed E-state index contributed by atoms with van der Waals surface area (Å²) in [5, 5.41) is 0. The highest BCUT2D eigenvalue weighted by atomic mass is 16.2. The number of rotatable bonds is 3. The van der Waals surface area contributed by atoms with Gasteiger partial charge in [-0.3, -0.25) is 9.78 Å². The zero-order valence-electron chi connectivity index (χ0n) is 10.0. The number of aromatic nitrogens is 1.